The van der Waals surface area contributed by atoms with Gasteiger partial charge in [0.05, 0.1) is 31.0 Å². The number of likely N-dealkylation sites (N-methyl/N-ethyl adjacent to an activating group) is 1. The van der Waals surface area contributed by atoms with E-state index in [0.717, 1.165) is 11.9 Å². The fraction of sp³-hybridized carbons (Fsp3) is 0.489. The average molecular weight is 1010 g/mol. The molecule has 0 spiro atoms. The first-order valence-corrected chi connectivity index (χ1v) is 24.4. The molecule has 0 aromatic heterocycles. The number of carbonyl (C=O) groups is 11. The number of aromatic hydroxyl groups is 1. The van der Waals surface area contributed by atoms with Gasteiger partial charge in [-0.1, -0.05) is 62.7 Å². The number of primary amides is 3. The molecule has 7 atom stereocenters. The van der Waals surface area contributed by atoms with Gasteiger partial charge in [0.1, 0.15) is 42.0 Å². The topological polar surface area (TPSA) is 408 Å². The Morgan fingerprint density at radius 2 is 1.38 bits per heavy atom. The highest BCUT2D eigenvalue weighted by atomic mass is 32.2. The molecule has 71 heavy (non-hydrogen) atoms. The number of nitrogens with one attached hydrogen (secondary N) is 7. The van der Waals surface area contributed by atoms with Crippen LogP contribution < -0.4 is 54.4 Å². The van der Waals surface area contributed by atoms with Gasteiger partial charge in [-0.25, -0.2) is 8.42 Å². The summed E-state index contributed by atoms with van der Waals surface area (Å²) < 4.78 is 27.1. The molecule has 1 heterocycles. The molecule has 0 unspecified atom stereocenters. The first kappa shape index (κ1) is 57.7. The Balaban J connectivity index is 2.04. The lowest BCUT2D eigenvalue weighted by atomic mass is 9.96. The molecule has 1 aliphatic heterocycles. The van der Waals surface area contributed by atoms with E-state index in [9.17, 15) is 66.3 Å². The molecule has 11 amide bonds. The molecule has 0 aliphatic carbocycles. The van der Waals surface area contributed by atoms with Gasteiger partial charge in [-0.3, -0.25) is 52.7 Å². The van der Waals surface area contributed by atoms with Crippen molar-refractivity contribution in [2.75, 3.05) is 31.6 Å². The van der Waals surface area contributed by atoms with Gasteiger partial charge in [-0.15, -0.1) is 0 Å². The Hall–Kier alpha value is -7.64. The summed E-state index contributed by atoms with van der Waals surface area (Å²) in [6.07, 6.45) is -3.23. The summed E-state index contributed by atoms with van der Waals surface area (Å²) in [7, 11) is -3.17. The predicted molar refractivity (Wildman–Crippen MR) is 253 cm³/mol. The van der Waals surface area contributed by atoms with E-state index in [1.807, 2.05) is 0 Å². The maximum atomic E-state index is 14.1. The van der Waals surface area contributed by atoms with Gasteiger partial charge in [0.2, 0.25) is 65.0 Å². The highest BCUT2D eigenvalue weighted by Gasteiger charge is 2.36. The van der Waals surface area contributed by atoms with E-state index in [0.29, 0.717) is 11.1 Å². The molecule has 388 valence electrons. The standard InChI is InChI=1S/C45H63N11O14S/c1-4-25(2)39-44(67)52-29(14-15-34(46)58)41(64)54-33(22-35(47)59)42(65)53-30(16-18-71(69,70)19-17-37(61)50-32(43(66)55-39)21-27-10-12-28(57)13-11-27)45(68)56(3)24-38(62)51-31(40(63)49-23-36(48)60)20-26-8-6-5-7-9-26/h5-13,25,29-33,39,57H,4,14-24H2,1-3H3,(H2,46,58)(H2,47,59)(H2,48,60)(H,49,63)(H,50,61)(H,51,62)(H,52,67)(H,53,65)(H,54,64)(H,55,66)/t25-,29-,30-,31-,32-,33-,39-/m0/s1. The number of hydrogen-bond acceptors (Lipinski definition) is 14. The van der Waals surface area contributed by atoms with Gasteiger partial charge >= 0.3 is 0 Å². The van der Waals surface area contributed by atoms with E-state index in [4.69, 9.17) is 17.2 Å². The van der Waals surface area contributed by atoms with Crippen LogP contribution in [-0.4, -0.2) is 151 Å². The Labute approximate surface area is 409 Å². The molecule has 1 fully saturated rings. The number of hydrogen-bond donors (Lipinski definition) is 11. The minimum Gasteiger partial charge on any atom is -0.508 e. The Bertz CT molecular complexity index is 2390. The number of nitrogens with zero attached hydrogens (tertiary/aromatic N) is 1. The van der Waals surface area contributed by atoms with E-state index < -0.39 is 174 Å². The summed E-state index contributed by atoms with van der Waals surface area (Å²) in [5.74, 6) is -13.2. The molecule has 14 N–H and O–H groups in total. The summed E-state index contributed by atoms with van der Waals surface area (Å²) >= 11 is 0. The summed E-state index contributed by atoms with van der Waals surface area (Å²) in [4.78, 5) is 146. The fourth-order valence-corrected chi connectivity index (χ4v) is 8.43. The zero-order valence-electron chi connectivity index (χ0n) is 39.6. The second-order valence-corrected chi connectivity index (χ2v) is 19.4. The highest BCUT2D eigenvalue weighted by molar-refractivity contribution is 7.91. The lowest BCUT2D eigenvalue weighted by molar-refractivity contribution is -0.140. The van der Waals surface area contributed by atoms with Crippen molar-refractivity contribution in [2.24, 2.45) is 23.1 Å². The number of benzene rings is 2. The maximum absolute atomic E-state index is 14.1. The lowest BCUT2D eigenvalue weighted by Crippen LogP contribution is -2.61. The molecule has 0 radical (unpaired) electrons. The summed E-state index contributed by atoms with van der Waals surface area (Å²) in [5.41, 5.74) is 17.0. The smallest absolute Gasteiger partial charge is 0.245 e. The number of rotatable bonds is 18. The number of sulfone groups is 1. The minimum atomic E-state index is -4.29. The van der Waals surface area contributed by atoms with Gasteiger partial charge in [0.15, 0.2) is 9.84 Å². The van der Waals surface area contributed by atoms with Gasteiger partial charge in [0, 0.05) is 32.7 Å². The number of amides is 11. The van der Waals surface area contributed by atoms with Crippen LogP contribution in [-0.2, 0) is 75.4 Å². The molecule has 0 bridgehead atoms. The van der Waals surface area contributed by atoms with Gasteiger partial charge < -0.3 is 64.4 Å². The second kappa shape index (κ2) is 27.5. The Morgan fingerprint density at radius 1 is 0.761 bits per heavy atom. The van der Waals surface area contributed by atoms with Crippen LogP contribution in [0.1, 0.15) is 63.5 Å². The van der Waals surface area contributed by atoms with Crippen molar-refractivity contribution < 1.29 is 66.3 Å². The highest BCUT2D eigenvalue weighted by Crippen LogP contribution is 2.15. The Kier molecular flexibility index (Phi) is 22.4. The average Bonchev–Trinajstić information content (AvgIpc) is 3.30. The van der Waals surface area contributed by atoms with Crippen LogP contribution in [0.15, 0.2) is 54.6 Å². The first-order valence-electron chi connectivity index (χ1n) is 22.6. The van der Waals surface area contributed by atoms with E-state index in [1.165, 1.54) is 24.3 Å². The number of nitrogens with two attached hydrogens (primary N) is 3. The molecule has 2 aromatic rings. The Morgan fingerprint density at radius 3 is 1.99 bits per heavy atom. The van der Waals surface area contributed by atoms with E-state index in [1.54, 1.807) is 44.2 Å². The maximum Gasteiger partial charge on any atom is 0.245 e. The van der Waals surface area contributed by atoms with E-state index in [-0.39, 0.29) is 25.0 Å². The van der Waals surface area contributed by atoms with Crippen LogP contribution in [0.4, 0.5) is 0 Å². The summed E-state index contributed by atoms with van der Waals surface area (Å²) in [6, 6.07) is 4.56. The fourth-order valence-electron chi connectivity index (χ4n) is 7.13. The third kappa shape index (κ3) is 20.1. The molecule has 26 heteroatoms. The normalized spacial score (nSPS) is 21.2. The SMILES string of the molecule is CC[C@H](C)[C@@H]1NC(=O)[C@H](Cc2ccc(O)cc2)NC(=O)CCS(=O)(=O)CC[C@@H](C(=O)N(C)CC(=O)N[C@@H](Cc2ccccc2)C(=O)NCC(N)=O)NC(=O)[C@H](CC(N)=O)NC(=O)[C@H](CCC(N)=O)NC1=O. The van der Waals surface area contributed by atoms with Crippen LogP contribution in [0.25, 0.3) is 0 Å². The largest absolute Gasteiger partial charge is 0.508 e. The third-order valence-electron chi connectivity index (χ3n) is 11.3. The van der Waals surface area contributed by atoms with Crippen molar-refractivity contribution in [2.45, 2.75) is 101 Å². The molecule has 25 nitrogen and oxygen atoms in total. The lowest BCUT2D eigenvalue weighted by Gasteiger charge is -2.29. The van der Waals surface area contributed by atoms with Crippen LogP contribution in [0.5, 0.6) is 5.75 Å². The number of phenols is 1. The first-order chi connectivity index (χ1) is 33.4. The molecule has 1 saturated heterocycles. The summed E-state index contributed by atoms with van der Waals surface area (Å²) in [6.45, 7) is 1.96. The van der Waals surface area contributed by atoms with Crippen molar-refractivity contribution in [3.8, 4) is 5.75 Å². The number of carbonyl (C=O) groups excluding carboxylic acids is 11. The molecule has 0 saturated carbocycles. The van der Waals surface area contributed by atoms with Gasteiger partial charge in [-0.05, 0) is 42.0 Å². The molecule has 3 rings (SSSR count). The van der Waals surface area contributed by atoms with E-state index in [2.05, 4.69) is 37.2 Å². The van der Waals surface area contributed by atoms with Gasteiger partial charge in [-0.2, -0.15) is 0 Å². The zero-order chi connectivity index (χ0) is 53.0. The molecule has 2 aromatic carbocycles. The van der Waals surface area contributed by atoms with Crippen molar-refractivity contribution in [3.63, 3.8) is 0 Å². The van der Waals surface area contributed by atoms with Crippen LogP contribution in [0.2, 0.25) is 0 Å². The van der Waals surface area contributed by atoms with Crippen molar-refractivity contribution in [1.82, 2.24) is 42.1 Å². The van der Waals surface area contributed by atoms with Gasteiger partial charge in [0.25, 0.3) is 0 Å². The predicted octanol–water partition coefficient (Wildman–Crippen LogP) is -4.46. The van der Waals surface area contributed by atoms with Crippen LogP contribution in [0.3, 0.4) is 0 Å². The molecular weight excluding hydrogens is 951 g/mol. The van der Waals surface area contributed by atoms with E-state index >= 15 is 0 Å². The molecular formula is C45H63N11O14S. The monoisotopic (exact) mass is 1010 g/mol. The van der Waals surface area contributed by atoms with Crippen molar-refractivity contribution in [3.05, 3.63) is 65.7 Å². The van der Waals surface area contributed by atoms with Crippen LogP contribution in [0, 0.1) is 5.92 Å². The third-order valence-corrected chi connectivity index (χ3v) is 13.0. The van der Waals surface area contributed by atoms with Crippen LogP contribution >= 0.6 is 0 Å². The molecule has 1 aliphatic rings. The summed E-state index contributed by atoms with van der Waals surface area (Å²) in [5, 5.41) is 26.8. The van der Waals surface area contributed by atoms with Crippen molar-refractivity contribution in [1.29, 1.82) is 0 Å². The van der Waals surface area contributed by atoms with Crippen molar-refractivity contribution >= 4 is 74.8 Å². The second-order valence-electron chi connectivity index (χ2n) is 17.1. The quantitative estimate of drug-likeness (QED) is 0.0672. The number of phenolic OH excluding ortho intramolecular Hbond substituents is 1. The minimum absolute atomic E-state index is 0.0614. The zero-order valence-corrected chi connectivity index (χ0v) is 40.4.